The summed E-state index contributed by atoms with van der Waals surface area (Å²) < 4.78 is 19.0. The van der Waals surface area contributed by atoms with E-state index in [-0.39, 0.29) is 24.4 Å². The summed E-state index contributed by atoms with van der Waals surface area (Å²) >= 11 is 1.12. The highest BCUT2D eigenvalue weighted by molar-refractivity contribution is 8.00. The van der Waals surface area contributed by atoms with Crippen molar-refractivity contribution in [1.29, 1.82) is 0 Å². The van der Waals surface area contributed by atoms with E-state index in [0.29, 0.717) is 22.6 Å². The van der Waals surface area contributed by atoms with E-state index in [4.69, 9.17) is 9.84 Å². The van der Waals surface area contributed by atoms with E-state index in [1.807, 2.05) is 6.92 Å². The molecule has 27 heavy (non-hydrogen) atoms. The second-order valence-electron chi connectivity index (χ2n) is 5.91. The van der Waals surface area contributed by atoms with Gasteiger partial charge in [-0.05, 0) is 37.6 Å². The first kappa shape index (κ1) is 20.8. The maximum absolute atomic E-state index is 13.3. The number of carbonyl (C=O) groups excluding carboxylic acids is 1. The fraction of sp³-hybridized carbons (Fsp3) is 0.300. The van der Waals surface area contributed by atoms with Crippen LogP contribution in [0.3, 0.4) is 0 Å². The molecule has 2 unspecified atom stereocenters. The third kappa shape index (κ3) is 6.29. The van der Waals surface area contributed by atoms with Crippen molar-refractivity contribution >= 4 is 23.6 Å². The molecule has 0 aromatic heterocycles. The number of hydrogen-bond acceptors (Lipinski definition) is 4. The molecule has 0 aliphatic heterocycles. The van der Waals surface area contributed by atoms with Gasteiger partial charge in [-0.3, -0.25) is 9.59 Å². The van der Waals surface area contributed by atoms with Crippen LogP contribution in [-0.2, 0) is 4.79 Å². The molecule has 0 spiro atoms. The van der Waals surface area contributed by atoms with E-state index in [9.17, 15) is 14.0 Å². The highest BCUT2D eigenvalue weighted by Crippen LogP contribution is 2.27. The molecule has 2 atom stereocenters. The van der Waals surface area contributed by atoms with E-state index in [1.54, 1.807) is 43.3 Å². The zero-order valence-electron chi connectivity index (χ0n) is 15.1. The van der Waals surface area contributed by atoms with Gasteiger partial charge in [0.05, 0.1) is 12.1 Å². The summed E-state index contributed by atoms with van der Waals surface area (Å²) in [4.78, 5) is 24.2. The Kier molecular flexibility index (Phi) is 7.67. The molecule has 0 saturated carbocycles. The highest BCUT2D eigenvalue weighted by atomic mass is 32.2. The van der Waals surface area contributed by atoms with E-state index in [0.717, 1.165) is 11.8 Å². The molecule has 144 valence electrons. The molecule has 0 heterocycles. The first-order valence-electron chi connectivity index (χ1n) is 8.59. The monoisotopic (exact) mass is 391 g/mol. The SMILES string of the molecule is CCC(CNC(=O)c1ccccc1SC(C)C(=O)O)Oc1cccc(F)c1. The van der Waals surface area contributed by atoms with Crippen molar-refractivity contribution in [3.8, 4) is 5.75 Å². The summed E-state index contributed by atoms with van der Waals surface area (Å²) in [5.41, 5.74) is 0.413. The Morgan fingerprint density at radius 2 is 1.96 bits per heavy atom. The van der Waals surface area contributed by atoms with Crippen molar-refractivity contribution in [2.75, 3.05) is 6.54 Å². The van der Waals surface area contributed by atoms with Crippen LogP contribution in [0.5, 0.6) is 5.75 Å². The predicted octanol–water partition coefficient (Wildman–Crippen LogP) is 3.98. The average molecular weight is 391 g/mol. The Hall–Kier alpha value is -2.54. The number of rotatable bonds is 9. The summed E-state index contributed by atoms with van der Waals surface area (Å²) in [6.45, 7) is 3.73. The number of aliphatic carboxylic acids is 1. The van der Waals surface area contributed by atoms with Crippen molar-refractivity contribution < 1.29 is 23.8 Å². The summed E-state index contributed by atoms with van der Waals surface area (Å²) in [5, 5.41) is 11.2. The van der Waals surface area contributed by atoms with Gasteiger partial charge >= 0.3 is 5.97 Å². The zero-order chi connectivity index (χ0) is 19.8. The molecule has 0 fully saturated rings. The molecule has 2 aromatic carbocycles. The number of ether oxygens (including phenoxy) is 1. The second-order valence-corrected chi connectivity index (χ2v) is 7.29. The van der Waals surface area contributed by atoms with E-state index in [1.165, 1.54) is 12.1 Å². The normalized spacial score (nSPS) is 12.9. The van der Waals surface area contributed by atoms with Crippen molar-refractivity contribution in [1.82, 2.24) is 5.32 Å². The van der Waals surface area contributed by atoms with Crippen molar-refractivity contribution in [3.63, 3.8) is 0 Å². The number of carboxylic acid groups (broad SMARTS) is 1. The number of thioether (sulfide) groups is 1. The largest absolute Gasteiger partial charge is 0.489 e. The second kappa shape index (κ2) is 9.97. The number of halogens is 1. The number of benzene rings is 2. The van der Waals surface area contributed by atoms with Crippen LogP contribution in [0, 0.1) is 5.82 Å². The number of hydrogen-bond donors (Lipinski definition) is 2. The Balaban J connectivity index is 2.01. The lowest BCUT2D eigenvalue weighted by molar-refractivity contribution is -0.136. The predicted molar refractivity (Wildman–Crippen MR) is 103 cm³/mol. The Morgan fingerprint density at radius 3 is 2.63 bits per heavy atom. The molecule has 0 aliphatic rings. The van der Waals surface area contributed by atoms with Crippen LogP contribution in [0.1, 0.15) is 30.6 Å². The first-order chi connectivity index (χ1) is 12.9. The standard InChI is InChI=1S/C20H22FNO4S/c1-3-15(26-16-8-6-7-14(21)11-16)12-22-19(23)17-9-4-5-10-18(17)27-13(2)20(24)25/h4-11,13,15H,3,12H2,1-2H3,(H,22,23)(H,24,25). The fourth-order valence-electron chi connectivity index (χ4n) is 2.30. The molecule has 2 N–H and O–H groups in total. The van der Waals surface area contributed by atoms with Crippen molar-refractivity contribution in [2.24, 2.45) is 0 Å². The first-order valence-corrected chi connectivity index (χ1v) is 9.47. The number of nitrogens with one attached hydrogen (secondary N) is 1. The van der Waals surface area contributed by atoms with Gasteiger partial charge < -0.3 is 15.2 Å². The Bertz CT molecular complexity index is 799. The minimum Gasteiger partial charge on any atom is -0.489 e. The molecular formula is C20H22FNO4S. The number of carbonyl (C=O) groups is 2. The molecule has 2 aromatic rings. The van der Waals surface area contributed by atoms with Gasteiger partial charge in [0.15, 0.2) is 0 Å². The van der Waals surface area contributed by atoms with E-state index >= 15 is 0 Å². The molecule has 2 rings (SSSR count). The van der Waals surface area contributed by atoms with Gasteiger partial charge in [-0.1, -0.05) is 25.1 Å². The summed E-state index contributed by atoms with van der Waals surface area (Å²) in [5.74, 6) is -1.23. The Labute approximate surface area is 161 Å². The topological polar surface area (TPSA) is 75.6 Å². The molecule has 0 bridgehead atoms. The van der Waals surface area contributed by atoms with Crippen molar-refractivity contribution in [3.05, 3.63) is 59.9 Å². The van der Waals surface area contributed by atoms with Gasteiger partial charge in [-0.25, -0.2) is 4.39 Å². The van der Waals surface area contributed by atoms with Crippen molar-refractivity contribution in [2.45, 2.75) is 36.5 Å². The highest BCUT2D eigenvalue weighted by Gasteiger charge is 2.18. The lowest BCUT2D eigenvalue weighted by Crippen LogP contribution is -2.35. The fourth-order valence-corrected chi connectivity index (χ4v) is 3.23. The smallest absolute Gasteiger partial charge is 0.316 e. The van der Waals surface area contributed by atoms with E-state index in [2.05, 4.69) is 5.32 Å². The van der Waals surface area contributed by atoms with Crippen LogP contribution in [-0.4, -0.2) is 34.9 Å². The van der Waals surface area contributed by atoms with Crippen LogP contribution in [0.25, 0.3) is 0 Å². The molecule has 7 heteroatoms. The molecular weight excluding hydrogens is 369 g/mol. The molecule has 5 nitrogen and oxygen atoms in total. The van der Waals surface area contributed by atoms with Gasteiger partial charge in [0.25, 0.3) is 5.91 Å². The third-order valence-electron chi connectivity index (χ3n) is 3.83. The Morgan fingerprint density at radius 1 is 1.22 bits per heavy atom. The average Bonchev–Trinajstić information content (AvgIpc) is 2.65. The summed E-state index contributed by atoms with van der Waals surface area (Å²) in [6, 6.07) is 12.7. The molecule has 0 radical (unpaired) electrons. The van der Waals surface area contributed by atoms with Gasteiger partial charge in [-0.2, -0.15) is 0 Å². The maximum Gasteiger partial charge on any atom is 0.316 e. The molecule has 1 amide bonds. The van der Waals surface area contributed by atoms with Crippen LogP contribution < -0.4 is 10.1 Å². The van der Waals surface area contributed by atoms with Gasteiger partial charge in [0, 0.05) is 11.0 Å². The van der Waals surface area contributed by atoms with Gasteiger partial charge in [-0.15, -0.1) is 11.8 Å². The van der Waals surface area contributed by atoms with E-state index < -0.39 is 11.2 Å². The van der Waals surface area contributed by atoms with Gasteiger partial charge in [0.1, 0.15) is 22.9 Å². The number of amides is 1. The minimum absolute atomic E-state index is 0.249. The summed E-state index contributed by atoms with van der Waals surface area (Å²) in [7, 11) is 0. The molecule has 0 saturated heterocycles. The lowest BCUT2D eigenvalue weighted by Gasteiger charge is -2.19. The third-order valence-corrected chi connectivity index (χ3v) is 4.99. The lowest BCUT2D eigenvalue weighted by atomic mass is 10.2. The van der Waals surface area contributed by atoms with Crippen LogP contribution >= 0.6 is 11.8 Å². The quantitative estimate of drug-likeness (QED) is 0.633. The van der Waals surface area contributed by atoms with Crippen LogP contribution in [0.2, 0.25) is 0 Å². The van der Waals surface area contributed by atoms with Crippen LogP contribution in [0.15, 0.2) is 53.4 Å². The minimum atomic E-state index is -0.940. The molecule has 0 aliphatic carbocycles. The zero-order valence-corrected chi connectivity index (χ0v) is 16.0. The maximum atomic E-state index is 13.3. The number of carboxylic acids is 1. The summed E-state index contributed by atoms with van der Waals surface area (Å²) in [6.07, 6.45) is 0.317. The van der Waals surface area contributed by atoms with Gasteiger partial charge in [0.2, 0.25) is 0 Å². The van der Waals surface area contributed by atoms with Crippen LogP contribution in [0.4, 0.5) is 4.39 Å².